The van der Waals surface area contributed by atoms with E-state index in [1.807, 2.05) is 12.3 Å². The maximum Gasteiger partial charge on any atom is 0.332 e. The van der Waals surface area contributed by atoms with Crippen LogP contribution in [0, 0.1) is 0 Å². The van der Waals surface area contributed by atoms with Gasteiger partial charge in [-0.25, -0.2) is 4.79 Å². The van der Waals surface area contributed by atoms with E-state index in [0.717, 1.165) is 4.90 Å². The van der Waals surface area contributed by atoms with Crippen LogP contribution < -0.4 is 5.32 Å². The summed E-state index contributed by atoms with van der Waals surface area (Å²) in [6, 6.07) is 5.23. The number of aliphatic carboxylic acids is 1. The highest BCUT2D eigenvalue weighted by Crippen LogP contribution is 2.28. The first-order valence-electron chi connectivity index (χ1n) is 6.04. The van der Waals surface area contributed by atoms with Crippen LogP contribution in [0.3, 0.4) is 0 Å². The van der Waals surface area contributed by atoms with Crippen molar-refractivity contribution in [3.05, 3.63) is 23.2 Å². The molecule has 1 aliphatic rings. The predicted octanol–water partition coefficient (Wildman–Crippen LogP) is 2.63. The molecular formula is C13H14ClNO4S. The molecule has 1 aromatic carbocycles. The van der Waals surface area contributed by atoms with Crippen molar-refractivity contribution in [3.63, 3.8) is 0 Å². The van der Waals surface area contributed by atoms with Crippen molar-refractivity contribution in [2.45, 2.75) is 29.9 Å². The molecule has 2 N–H and O–H groups in total. The van der Waals surface area contributed by atoms with Gasteiger partial charge in [0.15, 0.2) is 6.10 Å². The van der Waals surface area contributed by atoms with Crippen LogP contribution in [0.5, 0.6) is 0 Å². The molecule has 5 nitrogen and oxygen atoms in total. The maximum absolute atomic E-state index is 12.0. The quantitative estimate of drug-likeness (QED) is 0.835. The largest absolute Gasteiger partial charge is 0.479 e. The third kappa shape index (κ3) is 3.45. The summed E-state index contributed by atoms with van der Waals surface area (Å²) in [5.74, 6) is -1.38. The second-order valence-corrected chi connectivity index (χ2v) is 5.62. The lowest BCUT2D eigenvalue weighted by molar-refractivity contribution is -0.150. The van der Waals surface area contributed by atoms with Gasteiger partial charge in [0.2, 0.25) is 0 Å². The zero-order valence-corrected chi connectivity index (χ0v) is 12.3. The minimum absolute atomic E-state index is 0.346. The molecule has 1 aliphatic heterocycles. The first kappa shape index (κ1) is 15.2. The molecule has 0 bridgehead atoms. The van der Waals surface area contributed by atoms with Crippen LogP contribution in [-0.2, 0) is 14.3 Å². The van der Waals surface area contributed by atoms with E-state index in [9.17, 15) is 9.59 Å². The smallest absolute Gasteiger partial charge is 0.332 e. The average Bonchev–Trinajstić information content (AvgIpc) is 2.88. The number of halogens is 1. The number of carbonyl (C=O) groups is 2. The highest BCUT2D eigenvalue weighted by Gasteiger charge is 2.34. The van der Waals surface area contributed by atoms with Crippen LogP contribution in [0.4, 0.5) is 5.69 Å². The molecule has 0 aromatic heterocycles. The molecule has 0 saturated carbocycles. The van der Waals surface area contributed by atoms with Crippen LogP contribution in [0.1, 0.15) is 12.8 Å². The van der Waals surface area contributed by atoms with E-state index in [4.69, 9.17) is 21.4 Å². The van der Waals surface area contributed by atoms with E-state index in [1.165, 1.54) is 11.8 Å². The summed E-state index contributed by atoms with van der Waals surface area (Å²) in [4.78, 5) is 23.7. The fourth-order valence-corrected chi connectivity index (χ4v) is 2.85. The Kier molecular flexibility index (Phi) is 4.91. The van der Waals surface area contributed by atoms with Crippen molar-refractivity contribution >= 4 is 40.9 Å². The van der Waals surface area contributed by atoms with Gasteiger partial charge in [-0.05, 0) is 37.3 Å². The molecule has 1 amide bonds. The Bertz CT molecular complexity index is 537. The number of carbonyl (C=O) groups excluding carboxylic acids is 1. The molecule has 7 heteroatoms. The molecule has 0 radical (unpaired) electrons. The number of hydrogen-bond acceptors (Lipinski definition) is 4. The third-order valence-corrected chi connectivity index (χ3v) is 4.23. The molecule has 20 heavy (non-hydrogen) atoms. The Morgan fingerprint density at radius 3 is 2.65 bits per heavy atom. The zero-order chi connectivity index (χ0) is 14.7. The van der Waals surface area contributed by atoms with Crippen molar-refractivity contribution in [1.29, 1.82) is 0 Å². The van der Waals surface area contributed by atoms with Gasteiger partial charge in [-0.1, -0.05) is 11.6 Å². The lowest BCUT2D eigenvalue weighted by atomic mass is 10.2. The first-order valence-corrected chi connectivity index (χ1v) is 7.64. The maximum atomic E-state index is 12.0. The highest BCUT2D eigenvalue weighted by atomic mass is 35.5. The number of amides is 1. The lowest BCUT2D eigenvalue weighted by Gasteiger charge is -2.12. The SMILES string of the molecule is CSc1ccc(NC(=O)[C@@H]2CC[C@H](C(=O)O)O2)cc1Cl. The molecule has 1 heterocycles. The second-order valence-electron chi connectivity index (χ2n) is 4.37. The van der Waals surface area contributed by atoms with Gasteiger partial charge in [0.05, 0.1) is 5.02 Å². The minimum Gasteiger partial charge on any atom is -0.479 e. The van der Waals surface area contributed by atoms with Gasteiger partial charge >= 0.3 is 5.97 Å². The Hall–Kier alpha value is -1.24. The van der Waals surface area contributed by atoms with Crippen molar-refractivity contribution in [2.24, 2.45) is 0 Å². The summed E-state index contributed by atoms with van der Waals surface area (Å²) in [6.45, 7) is 0. The Morgan fingerprint density at radius 2 is 2.10 bits per heavy atom. The van der Waals surface area contributed by atoms with Gasteiger partial charge in [0.25, 0.3) is 5.91 Å². The van der Waals surface area contributed by atoms with Crippen LogP contribution in [0.15, 0.2) is 23.1 Å². The predicted molar refractivity (Wildman–Crippen MR) is 77.4 cm³/mol. The number of thioether (sulfide) groups is 1. The van der Waals surface area contributed by atoms with Gasteiger partial charge < -0.3 is 15.2 Å². The monoisotopic (exact) mass is 315 g/mol. The molecule has 0 aliphatic carbocycles. The zero-order valence-electron chi connectivity index (χ0n) is 10.8. The molecular weight excluding hydrogens is 302 g/mol. The number of ether oxygens (including phenoxy) is 1. The Morgan fingerprint density at radius 1 is 1.40 bits per heavy atom. The minimum atomic E-state index is -1.03. The second kappa shape index (κ2) is 6.47. The van der Waals surface area contributed by atoms with E-state index >= 15 is 0 Å². The fourth-order valence-electron chi connectivity index (χ4n) is 1.98. The molecule has 1 saturated heterocycles. The molecule has 2 atom stereocenters. The van der Waals surface area contributed by atoms with Crippen LogP contribution in [-0.4, -0.2) is 35.4 Å². The van der Waals surface area contributed by atoms with Gasteiger partial charge in [0.1, 0.15) is 6.10 Å². The van der Waals surface area contributed by atoms with Gasteiger partial charge in [-0.2, -0.15) is 0 Å². The number of carboxylic acids is 1. The Balaban J connectivity index is 1.98. The van der Waals surface area contributed by atoms with Crippen LogP contribution in [0.2, 0.25) is 5.02 Å². The summed E-state index contributed by atoms with van der Waals surface area (Å²) in [7, 11) is 0. The molecule has 1 aromatic rings. The van der Waals surface area contributed by atoms with Crippen LogP contribution in [0.25, 0.3) is 0 Å². The van der Waals surface area contributed by atoms with Gasteiger partial charge in [0, 0.05) is 10.6 Å². The van der Waals surface area contributed by atoms with Gasteiger partial charge in [-0.3, -0.25) is 4.79 Å². The van der Waals surface area contributed by atoms with Crippen molar-refractivity contribution in [1.82, 2.24) is 0 Å². The summed E-state index contributed by atoms with van der Waals surface area (Å²) in [6.07, 6.45) is 1.04. The topological polar surface area (TPSA) is 75.6 Å². The molecule has 1 fully saturated rings. The van der Waals surface area contributed by atoms with E-state index in [2.05, 4.69) is 5.32 Å². The summed E-state index contributed by atoms with van der Waals surface area (Å²) >= 11 is 7.57. The number of anilines is 1. The number of benzene rings is 1. The van der Waals surface area contributed by atoms with Crippen molar-refractivity contribution < 1.29 is 19.4 Å². The molecule has 2 rings (SSSR count). The summed E-state index contributed by atoms with van der Waals surface area (Å²) in [5.41, 5.74) is 0.570. The normalized spacial score (nSPS) is 21.7. The number of carboxylic acid groups (broad SMARTS) is 1. The van der Waals surface area contributed by atoms with Gasteiger partial charge in [-0.15, -0.1) is 11.8 Å². The van der Waals surface area contributed by atoms with E-state index < -0.39 is 18.2 Å². The third-order valence-electron chi connectivity index (χ3n) is 3.01. The van der Waals surface area contributed by atoms with Crippen LogP contribution >= 0.6 is 23.4 Å². The van der Waals surface area contributed by atoms with Crippen molar-refractivity contribution in [3.8, 4) is 0 Å². The fraction of sp³-hybridized carbons (Fsp3) is 0.385. The van der Waals surface area contributed by atoms with E-state index in [1.54, 1.807) is 12.1 Å². The molecule has 0 unspecified atom stereocenters. The highest BCUT2D eigenvalue weighted by molar-refractivity contribution is 7.98. The van der Waals surface area contributed by atoms with Crippen molar-refractivity contribution in [2.75, 3.05) is 11.6 Å². The molecule has 108 valence electrons. The van der Waals surface area contributed by atoms with E-state index in [-0.39, 0.29) is 5.91 Å². The number of rotatable bonds is 4. The Labute approximate surface area is 125 Å². The standard InChI is InChI=1S/C13H14ClNO4S/c1-20-11-5-2-7(6-8(11)14)15-12(16)9-3-4-10(19-9)13(17)18/h2,5-6,9-10H,3-4H2,1H3,(H,15,16)(H,17,18)/t9-,10+/m0/s1. The number of hydrogen-bond donors (Lipinski definition) is 2. The molecule has 0 spiro atoms. The summed E-state index contributed by atoms with van der Waals surface area (Å²) < 4.78 is 5.18. The first-order chi connectivity index (χ1) is 9.51. The lowest BCUT2D eigenvalue weighted by Crippen LogP contribution is -2.29. The number of nitrogens with one attached hydrogen (secondary N) is 1. The average molecular weight is 316 g/mol. The summed E-state index contributed by atoms with van der Waals surface area (Å²) in [5, 5.41) is 12.1. The van der Waals surface area contributed by atoms with E-state index in [0.29, 0.717) is 23.6 Å².